The molecule has 3 rings (SSSR count). The van der Waals surface area contributed by atoms with E-state index in [1.54, 1.807) is 24.5 Å². The SMILES string of the molecule is COc1ccc(Br)c(C(=O)N2CCN(Cc3ccsc3)CC2)c1. The van der Waals surface area contributed by atoms with E-state index in [1.807, 2.05) is 17.0 Å². The van der Waals surface area contributed by atoms with Crippen molar-refractivity contribution >= 4 is 33.2 Å². The van der Waals surface area contributed by atoms with E-state index in [2.05, 4.69) is 37.7 Å². The fourth-order valence-electron chi connectivity index (χ4n) is 2.72. The van der Waals surface area contributed by atoms with Gasteiger partial charge in [-0.25, -0.2) is 0 Å². The van der Waals surface area contributed by atoms with Gasteiger partial charge in [-0.05, 0) is 56.5 Å². The van der Waals surface area contributed by atoms with Crippen LogP contribution in [-0.4, -0.2) is 49.0 Å². The summed E-state index contributed by atoms with van der Waals surface area (Å²) in [5, 5.41) is 4.29. The summed E-state index contributed by atoms with van der Waals surface area (Å²) in [6.07, 6.45) is 0. The second-order valence-corrected chi connectivity index (χ2v) is 7.18. The van der Waals surface area contributed by atoms with Gasteiger partial charge in [0.05, 0.1) is 12.7 Å². The zero-order chi connectivity index (χ0) is 16.2. The molecule has 0 N–H and O–H groups in total. The largest absolute Gasteiger partial charge is 0.497 e. The summed E-state index contributed by atoms with van der Waals surface area (Å²) in [6.45, 7) is 4.29. The van der Waals surface area contributed by atoms with Crippen LogP contribution in [0, 0.1) is 0 Å². The highest BCUT2D eigenvalue weighted by Gasteiger charge is 2.23. The molecule has 1 aliphatic rings. The van der Waals surface area contributed by atoms with Crippen molar-refractivity contribution in [2.75, 3.05) is 33.3 Å². The molecule has 1 saturated heterocycles. The van der Waals surface area contributed by atoms with Gasteiger partial charge in [0.1, 0.15) is 5.75 Å². The summed E-state index contributed by atoms with van der Waals surface area (Å²) in [4.78, 5) is 17.1. The molecular weight excluding hydrogens is 376 g/mol. The lowest BCUT2D eigenvalue weighted by Crippen LogP contribution is -2.48. The molecule has 0 bridgehead atoms. The minimum atomic E-state index is 0.0611. The number of nitrogens with zero attached hydrogens (tertiary/aromatic N) is 2. The van der Waals surface area contributed by atoms with Gasteiger partial charge in [0, 0.05) is 37.2 Å². The van der Waals surface area contributed by atoms with E-state index in [1.165, 1.54) is 5.56 Å². The molecule has 1 aromatic carbocycles. The summed E-state index contributed by atoms with van der Waals surface area (Å²) < 4.78 is 6.03. The lowest BCUT2D eigenvalue weighted by atomic mass is 10.1. The van der Waals surface area contributed by atoms with Crippen molar-refractivity contribution < 1.29 is 9.53 Å². The van der Waals surface area contributed by atoms with E-state index < -0.39 is 0 Å². The Kier molecular flexibility index (Phi) is 5.35. The fourth-order valence-corrected chi connectivity index (χ4v) is 3.79. The molecule has 1 aliphatic heterocycles. The molecule has 0 spiro atoms. The fraction of sp³-hybridized carbons (Fsp3) is 0.353. The molecule has 2 aromatic rings. The second kappa shape index (κ2) is 7.47. The molecule has 0 aliphatic carbocycles. The van der Waals surface area contributed by atoms with E-state index in [4.69, 9.17) is 4.74 Å². The first kappa shape index (κ1) is 16.5. The van der Waals surface area contributed by atoms with Crippen molar-refractivity contribution in [3.63, 3.8) is 0 Å². The molecule has 0 saturated carbocycles. The Morgan fingerprint density at radius 3 is 2.70 bits per heavy atom. The third-order valence-electron chi connectivity index (χ3n) is 4.05. The van der Waals surface area contributed by atoms with Crippen LogP contribution in [0.2, 0.25) is 0 Å². The number of hydrogen-bond donors (Lipinski definition) is 0. The number of piperazine rings is 1. The van der Waals surface area contributed by atoms with E-state index in [0.717, 1.165) is 37.2 Å². The smallest absolute Gasteiger partial charge is 0.255 e. The quantitative estimate of drug-likeness (QED) is 0.795. The summed E-state index contributed by atoms with van der Waals surface area (Å²) in [5.74, 6) is 0.763. The minimum absolute atomic E-state index is 0.0611. The van der Waals surface area contributed by atoms with Crippen LogP contribution in [0.5, 0.6) is 5.75 Å². The highest BCUT2D eigenvalue weighted by Crippen LogP contribution is 2.24. The van der Waals surface area contributed by atoms with E-state index >= 15 is 0 Å². The number of halogens is 1. The predicted molar refractivity (Wildman–Crippen MR) is 96.2 cm³/mol. The Hall–Kier alpha value is -1.37. The van der Waals surface area contributed by atoms with Crippen molar-refractivity contribution in [2.45, 2.75) is 6.54 Å². The average Bonchev–Trinajstić information content (AvgIpc) is 3.08. The highest BCUT2D eigenvalue weighted by molar-refractivity contribution is 9.10. The molecule has 23 heavy (non-hydrogen) atoms. The van der Waals surface area contributed by atoms with Crippen molar-refractivity contribution in [2.24, 2.45) is 0 Å². The second-order valence-electron chi connectivity index (χ2n) is 5.55. The molecule has 4 nitrogen and oxygen atoms in total. The molecule has 6 heteroatoms. The zero-order valence-corrected chi connectivity index (χ0v) is 15.4. The lowest BCUT2D eigenvalue weighted by molar-refractivity contribution is 0.0627. The minimum Gasteiger partial charge on any atom is -0.497 e. The van der Waals surface area contributed by atoms with E-state index in [-0.39, 0.29) is 5.91 Å². The van der Waals surface area contributed by atoms with Gasteiger partial charge >= 0.3 is 0 Å². The van der Waals surface area contributed by atoms with Crippen LogP contribution in [0.4, 0.5) is 0 Å². The molecular formula is C17H19BrN2O2S. The molecule has 122 valence electrons. The number of amides is 1. The Labute approximate surface area is 148 Å². The first-order chi connectivity index (χ1) is 11.2. The lowest BCUT2D eigenvalue weighted by Gasteiger charge is -2.34. The van der Waals surface area contributed by atoms with Crippen LogP contribution in [0.3, 0.4) is 0 Å². The number of hydrogen-bond acceptors (Lipinski definition) is 4. The van der Waals surface area contributed by atoms with Crippen LogP contribution in [0.25, 0.3) is 0 Å². The maximum absolute atomic E-state index is 12.7. The summed E-state index contributed by atoms with van der Waals surface area (Å²) in [7, 11) is 1.61. The van der Waals surface area contributed by atoms with Gasteiger partial charge in [0.25, 0.3) is 5.91 Å². The van der Waals surface area contributed by atoms with Crippen molar-refractivity contribution in [1.82, 2.24) is 9.80 Å². The summed E-state index contributed by atoms with van der Waals surface area (Å²) in [5.41, 5.74) is 2.01. The van der Waals surface area contributed by atoms with Crippen molar-refractivity contribution in [1.29, 1.82) is 0 Å². The normalized spacial score (nSPS) is 15.7. The van der Waals surface area contributed by atoms with Crippen LogP contribution < -0.4 is 4.74 Å². The van der Waals surface area contributed by atoms with Crippen molar-refractivity contribution in [3.05, 3.63) is 50.6 Å². The van der Waals surface area contributed by atoms with Gasteiger partial charge in [-0.2, -0.15) is 11.3 Å². The van der Waals surface area contributed by atoms with Crippen LogP contribution in [-0.2, 0) is 6.54 Å². The maximum atomic E-state index is 12.7. The Bertz CT molecular complexity index is 667. The standard InChI is InChI=1S/C17H19BrN2O2S/c1-22-14-2-3-16(18)15(10-14)17(21)20-7-5-19(6-8-20)11-13-4-9-23-12-13/h2-4,9-10,12H,5-8,11H2,1H3. The van der Waals surface area contributed by atoms with Gasteiger partial charge in [-0.15, -0.1) is 0 Å². The molecule has 2 heterocycles. The highest BCUT2D eigenvalue weighted by atomic mass is 79.9. The van der Waals surface area contributed by atoms with Crippen LogP contribution in [0.15, 0.2) is 39.5 Å². The molecule has 1 aromatic heterocycles. The first-order valence-corrected chi connectivity index (χ1v) is 9.27. The number of benzene rings is 1. The monoisotopic (exact) mass is 394 g/mol. The predicted octanol–water partition coefficient (Wildman–Crippen LogP) is 3.48. The topological polar surface area (TPSA) is 32.8 Å². The Morgan fingerprint density at radius 1 is 1.26 bits per heavy atom. The van der Waals surface area contributed by atoms with E-state index in [9.17, 15) is 4.79 Å². The number of carbonyl (C=O) groups excluding carboxylic acids is 1. The molecule has 0 unspecified atom stereocenters. The third kappa shape index (κ3) is 3.94. The molecule has 0 radical (unpaired) electrons. The number of methoxy groups -OCH3 is 1. The van der Waals surface area contributed by atoms with Crippen LogP contribution in [0.1, 0.15) is 15.9 Å². The van der Waals surface area contributed by atoms with Gasteiger partial charge in [0.2, 0.25) is 0 Å². The van der Waals surface area contributed by atoms with Gasteiger partial charge in [-0.1, -0.05) is 0 Å². The van der Waals surface area contributed by atoms with E-state index in [0.29, 0.717) is 11.3 Å². The number of ether oxygens (including phenoxy) is 1. The summed E-state index contributed by atoms with van der Waals surface area (Å²) >= 11 is 5.19. The number of thiophene rings is 1. The number of carbonyl (C=O) groups is 1. The number of rotatable bonds is 4. The average molecular weight is 395 g/mol. The molecule has 1 amide bonds. The summed E-state index contributed by atoms with van der Waals surface area (Å²) in [6, 6.07) is 7.66. The first-order valence-electron chi connectivity index (χ1n) is 7.53. The third-order valence-corrected chi connectivity index (χ3v) is 5.47. The molecule has 1 fully saturated rings. The Morgan fingerprint density at radius 2 is 2.04 bits per heavy atom. The zero-order valence-electron chi connectivity index (χ0n) is 13.0. The maximum Gasteiger partial charge on any atom is 0.255 e. The van der Waals surface area contributed by atoms with Crippen molar-refractivity contribution in [3.8, 4) is 5.75 Å². The Balaban J connectivity index is 1.62. The molecule has 0 atom stereocenters. The van der Waals surface area contributed by atoms with Gasteiger partial charge < -0.3 is 9.64 Å². The van der Waals surface area contributed by atoms with Gasteiger partial charge in [0.15, 0.2) is 0 Å². The van der Waals surface area contributed by atoms with Gasteiger partial charge in [-0.3, -0.25) is 9.69 Å². The van der Waals surface area contributed by atoms with Crippen LogP contribution >= 0.6 is 27.3 Å².